The minimum absolute atomic E-state index is 0.378. The topological polar surface area (TPSA) is 122 Å². The second kappa shape index (κ2) is 3.48. The highest BCUT2D eigenvalue weighted by atomic mass is 32.2. The first kappa shape index (κ1) is 10.8. The summed E-state index contributed by atoms with van der Waals surface area (Å²) in [4.78, 5) is 21.7. The van der Waals surface area contributed by atoms with Crippen LogP contribution < -0.4 is 11.1 Å². The number of H-pyrrole nitrogens is 1. The Morgan fingerprint density at radius 2 is 2.07 bits per heavy atom. The van der Waals surface area contributed by atoms with Gasteiger partial charge in [-0.05, 0) is 12.6 Å². The summed E-state index contributed by atoms with van der Waals surface area (Å²) in [6.07, 6.45) is 0. The molecule has 1 aromatic rings. The standard InChI is InChI=1S/C4H4N3O5S2/c8-2-3(9)7(1-14(10,11)12)4(13)6-5-2/h1H2,(H,5,8)(H,10,11,12). The zero-order chi connectivity index (χ0) is 10.9. The van der Waals surface area contributed by atoms with Crippen molar-refractivity contribution >= 4 is 22.7 Å². The van der Waals surface area contributed by atoms with Crippen molar-refractivity contribution in [2.75, 3.05) is 0 Å². The Labute approximate surface area is 82.7 Å². The number of rotatable bonds is 2. The molecular weight excluding hydrogens is 234 g/mol. The smallest absolute Gasteiger partial charge is 0.284 e. The number of hydrogen-bond acceptors (Lipinski definition) is 5. The van der Waals surface area contributed by atoms with Crippen LogP contribution in [0.5, 0.6) is 0 Å². The normalized spacial score (nSPS) is 11.5. The van der Waals surface area contributed by atoms with E-state index in [1.54, 1.807) is 5.10 Å². The summed E-state index contributed by atoms with van der Waals surface area (Å²) in [5.74, 6) is -1.08. The van der Waals surface area contributed by atoms with E-state index in [4.69, 9.17) is 4.55 Å². The minimum atomic E-state index is -4.44. The van der Waals surface area contributed by atoms with E-state index in [2.05, 4.69) is 17.7 Å². The lowest BCUT2D eigenvalue weighted by atomic mass is 10.8. The van der Waals surface area contributed by atoms with Crippen LogP contribution in [0.25, 0.3) is 0 Å². The summed E-state index contributed by atoms with van der Waals surface area (Å²) in [6.45, 7) is 0. The molecule has 10 heteroatoms. The Morgan fingerprint density at radius 1 is 1.50 bits per heavy atom. The lowest BCUT2D eigenvalue weighted by Crippen LogP contribution is -2.39. The van der Waals surface area contributed by atoms with Crippen LogP contribution in [0.1, 0.15) is 0 Å². The molecule has 77 valence electrons. The number of hydrogen-bond donors (Lipinski definition) is 2. The van der Waals surface area contributed by atoms with Crippen molar-refractivity contribution in [2.45, 2.75) is 11.0 Å². The zero-order valence-electron chi connectivity index (χ0n) is 6.50. The summed E-state index contributed by atoms with van der Waals surface area (Å²) in [5.41, 5.74) is -2.29. The Kier molecular flexibility index (Phi) is 2.69. The molecule has 2 N–H and O–H groups in total. The first-order valence-corrected chi connectivity index (χ1v) is 5.15. The molecule has 1 aromatic heterocycles. The maximum Gasteiger partial charge on any atom is 0.330 e. The maximum absolute atomic E-state index is 11.0. The summed E-state index contributed by atoms with van der Waals surface area (Å²) < 4.78 is 29.7. The molecule has 0 unspecified atom stereocenters. The van der Waals surface area contributed by atoms with Gasteiger partial charge < -0.3 is 0 Å². The minimum Gasteiger partial charge on any atom is -0.284 e. The van der Waals surface area contributed by atoms with Gasteiger partial charge in [-0.3, -0.25) is 18.7 Å². The van der Waals surface area contributed by atoms with Gasteiger partial charge in [-0.15, -0.1) is 5.10 Å². The van der Waals surface area contributed by atoms with Crippen LogP contribution in [0.3, 0.4) is 0 Å². The van der Waals surface area contributed by atoms with Crippen LogP contribution in [0.2, 0.25) is 0 Å². The number of aromatic amines is 1. The van der Waals surface area contributed by atoms with Gasteiger partial charge in [0, 0.05) is 0 Å². The third-order valence-electron chi connectivity index (χ3n) is 1.22. The van der Waals surface area contributed by atoms with Gasteiger partial charge in [0.2, 0.25) is 5.16 Å². The van der Waals surface area contributed by atoms with Crippen LogP contribution in [-0.2, 0) is 16.0 Å². The molecule has 0 bridgehead atoms. The van der Waals surface area contributed by atoms with Crippen LogP contribution in [0.15, 0.2) is 14.7 Å². The highest BCUT2D eigenvalue weighted by molar-refractivity contribution is 7.84. The van der Waals surface area contributed by atoms with E-state index >= 15 is 0 Å². The second-order valence-electron chi connectivity index (χ2n) is 2.28. The molecule has 1 heterocycles. The van der Waals surface area contributed by atoms with Gasteiger partial charge in [-0.2, -0.15) is 8.42 Å². The Bertz CT molecular complexity index is 555. The average Bonchev–Trinajstić information content (AvgIpc) is 2.04. The van der Waals surface area contributed by atoms with Crippen LogP contribution in [0, 0.1) is 0 Å². The first-order valence-electron chi connectivity index (χ1n) is 3.13. The summed E-state index contributed by atoms with van der Waals surface area (Å²) in [7, 11) is -4.44. The third-order valence-corrected chi connectivity index (χ3v) is 2.11. The van der Waals surface area contributed by atoms with E-state index in [0.29, 0.717) is 4.57 Å². The highest BCUT2D eigenvalue weighted by Gasteiger charge is 2.13. The van der Waals surface area contributed by atoms with Crippen molar-refractivity contribution in [3.8, 4) is 0 Å². The summed E-state index contributed by atoms with van der Waals surface area (Å²) in [6, 6.07) is 0. The fourth-order valence-electron chi connectivity index (χ4n) is 0.693. The predicted molar refractivity (Wildman–Crippen MR) is 46.5 cm³/mol. The molecule has 1 rings (SSSR count). The molecule has 8 nitrogen and oxygen atoms in total. The lowest BCUT2D eigenvalue weighted by molar-refractivity contribution is 0.462. The van der Waals surface area contributed by atoms with Gasteiger partial charge in [-0.25, -0.2) is 5.10 Å². The quantitative estimate of drug-likeness (QED) is 0.469. The number of nitrogens with one attached hydrogen (secondary N) is 1. The Hall–Kier alpha value is -1.26. The van der Waals surface area contributed by atoms with Crippen molar-refractivity contribution in [1.29, 1.82) is 0 Å². The molecular formula is C4H4N3O5S2. The first-order chi connectivity index (χ1) is 6.31. The lowest BCUT2D eigenvalue weighted by Gasteiger charge is -2.02. The van der Waals surface area contributed by atoms with E-state index in [9.17, 15) is 18.0 Å². The largest absolute Gasteiger partial charge is 0.330 e. The van der Waals surface area contributed by atoms with Gasteiger partial charge in [0.05, 0.1) is 0 Å². The van der Waals surface area contributed by atoms with Crippen LogP contribution in [0.4, 0.5) is 0 Å². The fraction of sp³-hybridized carbons (Fsp3) is 0.250. The molecule has 0 amide bonds. The molecule has 1 radical (unpaired) electrons. The SMILES string of the molecule is O=c1[nH]nc([S])n(CS(=O)(=O)O)c1=O. The van der Waals surface area contributed by atoms with E-state index in [0.717, 1.165) is 0 Å². The van der Waals surface area contributed by atoms with Gasteiger partial charge in [-0.1, -0.05) is 0 Å². The third kappa shape index (κ3) is 2.37. The van der Waals surface area contributed by atoms with E-state index < -0.39 is 32.3 Å². The maximum atomic E-state index is 11.0. The molecule has 0 aliphatic heterocycles. The van der Waals surface area contributed by atoms with Crippen LogP contribution >= 0.6 is 12.6 Å². The van der Waals surface area contributed by atoms with E-state index in [-0.39, 0.29) is 0 Å². The average molecular weight is 238 g/mol. The Morgan fingerprint density at radius 3 is 2.57 bits per heavy atom. The molecule has 0 aromatic carbocycles. The van der Waals surface area contributed by atoms with Gasteiger partial charge in [0.25, 0.3) is 10.1 Å². The molecule has 0 saturated carbocycles. The second-order valence-corrected chi connectivity index (χ2v) is 4.07. The van der Waals surface area contributed by atoms with Crippen molar-refractivity contribution < 1.29 is 13.0 Å². The molecule has 0 aliphatic carbocycles. The van der Waals surface area contributed by atoms with Gasteiger partial charge >= 0.3 is 11.1 Å². The van der Waals surface area contributed by atoms with Gasteiger partial charge in [0.15, 0.2) is 5.88 Å². The van der Waals surface area contributed by atoms with Crippen molar-refractivity contribution in [3.63, 3.8) is 0 Å². The fourth-order valence-corrected chi connectivity index (χ4v) is 1.53. The molecule has 14 heavy (non-hydrogen) atoms. The monoisotopic (exact) mass is 238 g/mol. The van der Waals surface area contributed by atoms with E-state index in [1.165, 1.54) is 0 Å². The predicted octanol–water partition coefficient (Wildman–Crippen LogP) is -1.67. The number of nitrogens with zero attached hydrogens (tertiary/aromatic N) is 2. The molecule has 0 fully saturated rings. The van der Waals surface area contributed by atoms with Crippen molar-refractivity contribution in [2.24, 2.45) is 0 Å². The summed E-state index contributed by atoms with van der Waals surface area (Å²) in [5, 5.41) is 4.54. The summed E-state index contributed by atoms with van der Waals surface area (Å²) >= 11 is 4.47. The van der Waals surface area contributed by atoms with Crippen LogP contribution in [-0.4, -0.2) is 27.7 Å². The zero-order valence-corrected chi connectivity index (χ0v) is 8.13. The van der Waals surface area contributed by atoms with Crippen molar-refractivity contribution in [3.05, 3.63) is 20.7 Å². The molecule has 0 saturated heterocycles. The molecule has 0 atom stereocenters. The van der Waals surface area contributed by atoms with E-state index in [1.807, 2.05) is 0 Å². The highest BCUT2D eigenvalue weighted by Crippen LogP contribution is 1.96. The number of aromatic nitrogens is 3. The van der Waals surface area contributed by atoms with Gasteiger partial charge in [0.1, 0.15) is 0 Å². The molecule has 0 spiro atoms. The van der Waals surface area contributed by atoms with Crippen molar-refractivity contribution in [1.82, 2.24) is 14.8 Å². The Balaban J connectivity index is 3.42. The molecule has 0 aliphatic rings.